The molecule has 0 radical (unpaired) electrons. The molecule has 0 saturated carbocycles. The van der Waals surface area contributed by atoms with Crippen LogP contribution in [0.25, 0.3) is 11.1 Å². The number of hydrogen-bond acceptors (Lipinski definition) is 4. The van der Waals surface area contributed by atoms with Gasteiger partial charge in [0.2, 0.25) is 5.91 Å². The standard InChI is InChI=1S/C19H23NO3S/c1-11-7-9-13(10-8-11)14-12(2)24-16(15(14)17(21)23-6)20-18(22)19(3,4)5/h7-10H,1-6H3,(H,20,22). The molecule has 2 rings (SSSR count). The fourth-order valence-electron chi connectivity index (χ4n) is 2.29. The van der Waals surface area contributed by atoms with Crippen LogP contribution in [0.1, 0.15) is 41.6 Å². The monoisotopic (exact) mass is 345 g/mol. The third kappa shape index (κ3) is 3.67. The molecule has 0 unspecified atom stereocenters. The molecular formula is C19H23NO3S. The third-order valence-electron chi connectivity index (χ3n) is 3.72. The maximum atomic E-state index is 12.4. The van der Waals surface area contributed by atoms with Gasteiger partial charge in [0, 0.05) is 15.9 Å². The molecule has 1 N–H and O–H groups in total. The van der Waals surface area contributed by atoms with Crippen LogP contribution < -0.4 is 5.32 Å². The van der Waals surface area contributed by atoms with Crippen molar-refractivity contribution in [3.05, 3.63) is 40.3 Å². The summed E-state index contributed by atoms with van der Waals surface area (Å²) in [4.78, 5) is 25.7. The molecule has 2 aromatic rings. The zero-order valence-corrected chi connectivity index (χ0v) is 15.8. The van der Waals surface area contributed by atoms with Crippen molar-refractivity contribution in [1.82, 2.24) is 0 Å². The highest BCUT2D eigenvalue weighted by Crippen LogP contribution is 2.40. The Morgan fingerprint density at radius 2 is 1.67 bits per heavy atom. The Morgan fingerprint density at radius 3 is 2.17 bits per heavy atom. The largest absolute Gasteiger partial charge is 0.465 e. The number of rotatable bonds is 3. The molecule has 1 heterocycles. The normalized spacial score (nSPS) is 11.2. The number of carbonyl (C=O) groups excluding carboxylic acids is 2. The molecule has 128 valence electrons. The van der Waals surface area contributed by atoms with E-state index in [0.717, 1.165) is 21.6 Å². The van der Waals surface area contributed by atoms with Gasteiger partial charge in [-0.05, 0) is 19.4 Å². The molecule has 1 amide bonds. The van der Waals surface area contributed by atoms with Crippen LogP contribution in [0.3, 0.4) is 0 Å². The van der Waals surface area contributed by atoms with Crippen molar-refractivity contribution in [3.63, 3.8) is 0 Å². The number of anilines is 1. The maximum absolute atomic E-state index is 12.4. The van der Waals surface area contributed by atoms with Crippen LogP contribution in [0.4, 0.5) is 5.00 Å². The number of hydrogen-bond donors (Lipinski definition) is 1. The van der Waals surface area contributed by atoms with Gasteiger partial charge in [-0.1, -0.05) is 50.6 Å². The van der Waals surface area contributed by atoms with Gasteiger partial charge in [-0.25, -0.2) is 4.79 Å². The molecule has 0 atom stereocenters. The molecule has 1 aromatic carbocycles. The minimum absolute atomic E-state index is 0.135. The van der Waals surface area contributed by atoms with Gasteiger partial charge in [-0.15, -0.1) is 11.3 Å². The first kappa shape index (κ1) is 18.2. The van der Waals surface area contributed by atoms with Gasteiger partial charge in [-0.2, -0.15) is 0 Å². The minimum atomic E-state index is -0.546. The average Bonchev–Trinajstić information content (AvgIpc) is 2.82. The SMILES string of the molecule is COC(=O)c1c(NC(=O)C(C)(C)C)sc(C)c1-c1ccc(C)cc1. The summed E-state index contributed by atoms with van der Waals surface area (Å²) in [5.74, 6) is -0.580. The van der Waals surface area contributed by atoms with Crippen LogP contribution in [0, 0.1) is 19.3 Å². The molecule has 0 aliphatic rings. The summed E-state index contributed by atoms with van der Waals surface area (Å²) in [5, 5.41) is 3.42. The summed E-state index contributed by atoms with van der Waals surface area (Å²) < 4.78 is 4.96. The van der Waals surface area contributed by atoms with Crippen LogP contribution in [0.5, 0.6) is 0 Å². The first-order valence-electron chi connectivity index (χ1n) is 7.75. The molecule has 0 spiro atoms. The summed E-state index contributed by atoms with van der Waals surface area (Å²) in [6, 6.07) is 7.96. The number of thiophene rings is 1. The van der Waals surface area contributed by atoms with Gasteiger partial charge < -0.3 is 10.1 Å². The first-order chi connectivity index (χ1) is 11.1. The molecule has 4 nitrogen and oxygen atoms in total. The number of benzene rings is 1. The quantitative estimate of drug-likeness (QED) is 0.813. The maximum Gasteiger partial charge on any atom is 0.341 e. The zero-order valence-electron chi connectivity index (χ0n) is 14.9. The van der Waals surface area contributed by atoms with Crippen molar-refractivity contribution in [2.75, 3.05) is 12.4 Å². The highest BCUT2D eigenvalue weighted by atomic mass is 32.1. The number of esters is 1. The van der Waals surface area contributed by atoms with E-state index in [1.807, 2.05) is 58.9 Å². The Hall–Kier alpha value is -2.14. The summed E-state index contributed by atoms with van der Waals surface area (Å²) >= 11 is 1.40. The third-order valence-corrected chi connectivity index (χ3v) is 4.74. The van der Waals surface area contributed by atoms with Crippen LogP contribution in [0.2, 0.25) is 0 Å². The smallest absolute Gasteiger partial charge is 0.341 e. The number of ether oxygens (including phenoxy) is 1. The lowest BCUT2D eigenvalue weighted by molar-refractivity contribution is -0.123. The van der Waals surface area contributed by atoms with E-state index in [0.29, 0.717) is 10.6 Å². The van der Waals surface area contributed by atoms with E-state index >= 15 is 0 Å². The highest BCUT2D eigenvalue weighted by molar-refractivity contribution is 7.17. The molecule has 5 heteroatoms. The van der Waals surface area contributed by atoms with Crippen molar-refractivity contribution in [3.8, 4) is 11.1 Å². The lowest BCUT2D eigenvalue weighted by Gasteiger charge is -2.17. The second-order valence-electron chi connectivity index (χ2n) is 6.80. The Bertz CT molecular complexity index is 767. The van der Waals surface area contributed by atoms with Crippen LogP contribution >= 0.6 is 11.3 Å². The Balaban J connectivity index is 2.58. The predicted molar refractivity (Wildman–Crippen MR) is 98.7 cm³/mol. The average molecular weight is 345 g/mol. The number of methoxy groups -OCH3 is 1. The first-order valence-corrected chi connectivity index (χ1v) is 8.57. The molecule has 0 fully saturated rings. The van der Waals surface area contributed by atoms with Gasteiger partial charge >= 0.3 is 5.97 Å². The van der Waals surface area contributed by atoms with Crippen molar-refractivity contribution < 1.29 is 14.3 Å². The molecule has 1 aromatic heterocycles. The molecular weight excluding hydrogens is 322 g/mol. The van der Waals surface area contributed by atoms with E-state index in [9.17, 15) is 9.59 Å². The van der Waals surface area contributed by atoms with Crippen molar-refractivity contribution >= 4 is 28.2 Å². The summed E-state index contributed by atoms with van der Waals surface area (Å²) in [6.45, 7) is 9.46. The van der Waals surface area contributed by atoms with E-state index in [-0.39, 0.29) is 5.91 Å². The molecule has 0 saturated heterocycles. The summed E-state index contributed by atoms with van der Waals surface area (Å²) in [5.41, 5.74) is 2.77. The summed E-state index contributed by atoms with van der Waals surface area (Å²) in [6.07, 6.45) is 0. The Labute approximate surface area is 146 Å². The Kier molecular flexibility index (Phi) is 5.13. The van der Waals surface area contributed by atoms with Crippen molar-refractivity contribution in [2.45, 2.75) is 34.6 Å². The van der Waals surface area contributed by atoms with Gasteiger partial charge in [-0.3, -0.25) is 4.79 Å². The van der Waals surface area contributed by atoms with Gasteiger partial charge in [0.1, 0.15) is 10.6 Å². The van der Waals surface area contributed by atoms with E-state index in [2.05, 4.69) is 5.32 Å². The van der Waals surface area contributed by atoms with E-state index in [4.69, 9.17) is 4.74 Å². The molecule has 0 aliphatic carbocycles. The van der Waals surface area contributed by atoms with Gasteiger partial charge in [0.25, 0.3) is 0 Å². The van der Waals surface area contributed by atoms with E-state index in [1.54, 1.807) is 0 Å². The molecule has 0 bridgehead atoms. The molecule has 24 heavy (non-hydrogen) atoms. The highest BCUT2D eigenvalue weighted by Gasteiger charge is 2.28. The predicted octanol–water partition coefficient (Wildman–Crippen LogP) is 4.80. The van der Waals surface area contributed by atoms with Crippen LogP contribution in [-0.2, 0) is 9.53 Å². The number of carbonyl (C=O) groups is 2. The Morgan fingerprint density at radius 1 is 1.08 bits per heavy atom. The van der Waals surface area contributed by atoms with Crippen LogP contribution in [0.15, 0.2) is 24.3 Å². The van der Waals surface area contributed by atoms with Gasteiger partial charge in [0.15, 0.2) is 0 Å². The topological polar surface area (TPSA) is 55.4 Å². The number of nitrogens with one attached hydrogen (secondary N) is 1. The second kappa shape index (κ2) is 6.77. The van der Waals surface area contributed by atoms with Crippen molar-refractivity contribution in [2.24, 2.45) is 5.41 Å². The van der Waals surface area contributed by atoms with E-state index in [1.165, 1.54) is 18.4 Å². The van der Waals surface area contributed by atoms with Crippen LogP contribution in [-0.4, -0.2) is 19.0 Å². The van der Waals surface area contributed by atoms with Crippen molar-refractivity contribution in [1.29, 1.82) is 0 Å². The fourth-order valence-corrected chi connectivity index (χ4v) is 3.35. The second-order valence-corrected chi connectivity index (χ2v) is 8.02. The lowest BCUT2D eigenvalue weighted by Crippen LogP contribution is -2.28. The number of amides is 1. The minimum Gasteiger partial charge on any atom is -0.465 e. The fraction of sp³-hybridized carbons (Fsp3) is 0.368. The lowest BCUT2D eigenvalue weighted by atomic mass is 9.95. The van der Waals surface area contributed by atoms with E-state index < -0.39 is 11.4 Å². The zero-order chi connectivity index (χ0) is 18.1. The summed E-state index contributed by atoms with van der Waals surface area (Å²) in [7, 11) is 1.35. The molecule has 0 aliphatic heterocycles. The number of aryl methyl sites for hydroxylation is 2. The van der Waals surface area contributed by atoms with Gasteiger partial charge in [0.05, 0.1) is 7.11 Å².